The zero-order valence-electron chi connectivity index (χ0n) is 70.5. The molecular weight excluding hydrogens is 1620 g/mol. The SMILES string of the molecule is CC(=O)C[C@H](OC(=O)[C@H](OC(C)=O)[C@@H](C)C(=O)OC1=CC[C@@]2(O)[C@H]3Cc4ccc(CO)c5c4[C@@]2(CCN3C)[C@H]1O5)C(=O)O.CC(=O)O[C@@H](CC(=O)O[C@H](C(=O)OC1=CC[C@@]2(O)[C@H]3Cc4ccc(CO)c5c4[C@@]2(CCN3C)[C@H]1O5)c1ccccc1)C(C)=O.CC(=O)[C@@H](N)CCC(=O)O[C@@H](C)C(=O)OC1=CC[C@@]2(O)[C@H]3Cc4ccc(CO)c5c4[C@@]2(CCN3C)[C@H]1O5. The average Bonchev–Trinajstić information content (AvgIpc) is 1.47. The van der Waals surface area contributed by atoms with Gasteiger partial charge in [-0.3, -0.25) is 38.4 Å². The number of hydrogen-bond acceptors (Lipinski definition) is 33. The van der Waals surface area contributed by atoms with Gasteiger partial charge >= 0.3 is 53.7 Å². The number of ketones is 3. The number of Topliss-reactive ketones (excluding diaryl/α,β-unsaturated/α-hetero) is 3. The Labute approximate surface area is 713 Å². The number of ether oxygens (including phenoxy) is 11. The van der Waals surface area contributed by atoms with Crippen molar-refractivity contribution < 1.29 is 145 Å². The molecule has 4 aromatic carbocycles. The van der Waals surface area contributed by atoms with Crippen molar-refractivity contribution in [2.24, 2.45) is 11.7 Å². The van der Waals surface area contributed by atoms with Crippen LogP contribution in [0.1, 0.15) is 174 Å². The number of carboxylic acids is 1. The molecule has 34 nitrogen and oxygen atoms in total. The highest BCUT2D eigenvalue weighted by Crippen LogP contribution is 2.68. The van der Waals surface area contributed by atoms with Crippen LogP contribution in [0, 0.1) is 5.92 Å². The van der Waals surface area contributed by atoms with Crippen LogP contribution in [0.5, 0.6) is 17.2 Å². The molecule has 0 unspecified atom stereocenters. The number of carboxylic acid groups (broad SMARTS) is 1. The summed E-state index contributed by atoms with van der Waals surface area (Å²) >= 11 is 0. The molecule has 6 bridgehead atoms. The summed E-state index contributed by atoms with van der Waals surface area (Å²) in [6, 6.07) is 18.3. The first kappa shape index (κ1) is 89.6. The van der Waals surface area contributed by atoms with E-state index < -0.39 is 172 Å². The molecule has 34 heteroatoms. The average molecular weight is 1720 g/mol. The maximum absolute atomic E-state index is 13.8. The minimum atomic E-state index is -1.87. The second-order valence-corrected chi connectivity index (χ2v) is 34.5. The number of aliphatic hydroxyl groups excluding tert-OH is 3. The van der Waals surface area contributed by atoms with Gasteiger partial charge in [0, 0.05) is 96.6 Å². The number of nitrogens with zero attached hydrogens (tertiary/aromatic N) is 3. The van der Waals surface area contributed by atoms with Gasteiger partial charge in [0.15, 0.2) is 36.3 Å². The van der Waals surface area contributed by atoms with Crippen LogP contribution in [0.4, 0.5) is 0 Å². The summed E-state index contributed by atoms with van der Waals surface area (Å²) in [6.07, 6.45) is -2.45. The number of carbonyl (C=O) groups is 12. The highest BCUT2D eigenvalue weighted by atomic mass is 16.6. The van der Waals surface area contributed by atoms with Gasteiger partial charge in [0.05, 0.1) is 71.8 Å². The van der Waals surface area contributed by atoms with E-state index in [-0.39, 0.29) is 93.1 Å². The van der Waals surface area contributed by atoms with Crippen LogP contribution in [0.3, 0.4) is 0 Å². The van der Waals surface area contributed by atoms with Crippen LogP contribution in [0.25, 0.3) is 0 Å². The number of rotatable bonds is 27. The molecule has 0 aromatic heterocycles. The van der Waals surface area contributed by atoms with E-state index in [1.54, 1.807) is 54.6 Å². The number of aliphatic carboxylic acids is 1. The third kappa shape index (κ3) is 15.0. The van der Waals surface area contributed by atoms with Crippen molar-refractivity contribution in [1.29, 1.82) is 0 Å². The quantitative estimate of drug-likeness (QED) is 0.0313. The van der Waals surface area contributed by atoms with Gasteiger partial charge in [0.1, 0.15) is 52.0 Å². The van der Waals surface area contributed by atoms with Crippen LogP contribution in [0.2, 0.25) is 0 Å². The van der Waals surface area contributed by atoms with Crippen molar-refractivity contribution in [2.75, 3.05) is 40.8 Å². The standard InChI is InChI=1S/C33H35NO10.C30H35NO12.C27H34N2O8/c1-18(36)24(41-19(2)37)16-26(38)43-29(20-7-5-4-6-8-20)31(39)42-23-11-12-33(40)25-15-21-9-10-22(17-35)28-27(21)32(33,30(23)44-28)13-14-34(25)3;1-14(33)11-20(26(35)36)42-28(38)23(40-16(3)34)15(2)27(37)41-19-7-8-30(39)21-12-17-5-6-18(13-32)24-22(17)29(30,25(19)43-24)9-10-31(21)4;1-14(31)18(28)6-7-21(32)35-15(2)25(33)36-19-8-9-27(34)20-12-16-4-5-17(13-30)23-22(16)26(27,24(19)37-23)10-11-29(20)3/h4-11,24-25,29-30,35,40H,12-17H2,1-3H3;5-7,15,20-21,23,25,32,39H,8-13H2,1-4H3,(H,35,36);4-5,8,15,18,20,24,30,34H,6-7,9-13,28H2,1-3H3/t24-,25+,29-,30-,32-,33+;15-,20+,21-,23-,25+,29+,30-;15-,18-,20+,24-,26-,27+/m010/s1. The van der Waals surface area contributed by atoms with E-state index >= 15 is 0 Å². The topological polar surface area (TPSA) is 484 Å². The Morgan fingerprint density at radius 2 is 0.895 bits per heavy atom. The lowest BCUT2D eigenvalue weighted by molar-refractivity contribution is -0.184. The number of benzene rings is 4. The molecule has 3 fully saturated rings. The smallest absolute Gasteiger partial charge is 0.357 e. The van der Waals surface area contributed by atoms with E-state index in [1.165, 1.54) is 27.7 Å². The van der Waals surface area contributed by atoms with Gasteiger partial charge in [-0.2, -0.15) is 0 Å². The van der Waals surface area contributed by atoms with Crippen molar-refractivity contribution in [3.8, 4) is 17.2 Å². The van der Waals surface area contributed by atoms with E-state index in [0.717, 1.165) is 60.7 Å². The number of aliphatic hydroxyl groups is 6. The second kappa shape index (κ2) is 34.4. The van der Waals surface area contributed by atoms with Gasteiger partial charge in [-0.1, -0.05) is 66.7 Å². The molecule has 6 heterocycles. The molecule has 6 aliphatic heterocycles. The van der Waals surface area contributed by atoms with E-state index in [2.05, 4.69) is 14.7 Å². The Morgan fingerprint density at radius 3 is 1.27 bits per heavy atom. The van der Waals surface area contributed by atoms with Crippen molar-refractivity contribution in [3.63, 3.8) is 0 Å². The fraction of sp³-hybridized carbons (Fsp3) is 0.533. The van der Waals surface area contributed by atoms with Crippen molar-refractivity contribution in [3.05, 3.63) is 158 Å². The number of likely N-dealkylation sites (tertiary alicyclic amines) is 3. The number of carbonyl (C=O) groups excluding carboxylic acids is 11. The van der Waals surface area contributed by atoms with Crippen LogP contribution < -0.4 is 19.9 Å². The van der Waals surface area contributed by atoms with Gasteiger partial charge in [0.25, 0.3) is 0 Å². The van der Waals surface area contributed by atoms with Gasteiger partial charge in [-0.15, -0.1) is 0 Å². The predicted octanol–water partition coefficient (Wildman–Crippen LogP) is 3.37. The zero-order valence-corrected chi connectivity index (χ0v) is 70.5. The summed E-state index contributed by atoms with van der Waals surface area (Å²) < 4.78 is 62.7. The Hall–Kier alpha value is -10.7. The summed E-state index contributed by atoms with van der Waals surface area (Å²) in [4.78, 5) is 154. The molecule has 0 radical (unpaired) electrons. The first-order chi connectivity index (χ1) is 58.8. The van der Waals surface area contributed by atoms with E-state index in [4.69, 9.17) is 57.8 Å². The first-order valence-electron chi connectivity index (χ1n) is 41.6. The van der Waals surface area contributed by atoms with E-state index in [0.29, 0.717) is 91.1 Å². The summed E-state index contributed by atoms with van der Waals surface area (Å²) in [6.45, 7) is 9.75. The third-order valence-corrected chi connectivity index (χ3v) is 27.4. The predicted molar refractivity (Wildman–Crippen MR) is 428 cm³/mol. The van der Waals surface area contributed by atoms with Gasteiger partial charge in [-0.05, 0) is 155 Å². The molecule has 4 aromatic rings. The molecule has 16 rings (SSSR count). The monoisotopic (exact) mass is 1720 g/mol. The number of nitrogens with two attached hydrogens (primary N) is 1. The molecule has 0 saturated carbocycles. The number of hydrogen-bond donors (Lipinski definition) is 8. The Kier molecular flexibility index (Phi) is 24.8. The maximum Gasteiger partial charge on any atom is 0.357 e. The normalized spacial score (nSPS) is 29.0. The van der Waals surface area contributed by atoms with Crippen molar-refractivity contribution in [1.82, 2.24) is 14.7 Å². The van der Waals surface area contributed by atoms with Crippen LogP contribution >= 0.6 is 0 Å². The minimum absolute atomic E-state index is 0.0973. The van der Waals surface area contributed by atoms with E-state index in [1.807, 2.05) is 51.5 Å². The summed E-state index contributed by atoms with van der Waals surface area (Å²) in [5.74, 6) is -9.51. The molecule has 19 atom stereocenters. The molecule has 124 heavy (non-hydrogen) atoms. The summed E-state index contributed by atoms with van der Waals surface area (Å²) in [7, 11) is 5.95. The van der Waals surface area contributed by atoms with Crippen LogP contribution in [-0.2, 0) is 151 Å². The van der Waals surface area contributed by atoms with Gasteiger partial charge in [0.2, 0.25) is 18.3 Å². The fourth-order valence-corrected chi connectivity index (χ4v) is 21.2. The maximum atomic E-state index is 13.8. The number of likely N-dealkylation sites (N-methyl/N-ethyl adjacent to an activating group) is 3. The summed E-state index contributed by atoms with van der Waals surface area (Å²) in [5, 5.41) is 76.4. The molecule has 9 N–H and O–H groups in total. The first-order valence-corrected chi connectivity index (χ1v) is 41.6. The zero-order chi connectivity index (χ0) is 89.5. The third-order valence-electron chi connectivity index (χ3n) is 27.4. The lowest BCUT2D eigenvalue weighted by Crippen LogP contribution is -2.74. The lowest BCUT2D eigenvalue weighted by atomic mass is 9.50. The lowest BCUT2D eigenvalue weighted by Gasteiger charge is -2.61. The highest BCUT2D eigenvalue weighted by Gasteiger charge is 2.75. The fourth-order valence-electron chi connectivity index (χ4n) is 21.2. The number of piperidine rings is 3. The Bertz CT molecular complexity index is 5140. The molecule has 3 saturated heterocycles. The molecule has 12 aliphatic rings. The molecule has 664 valence electrons. The van der Waals surface area contributed by atoms with Crippen LogP contribution in [0.15, 0.2) is 102 Å². The summed E-state index contributed by atoms with van der Waals surface area (Å²) in [5.41, 5.74) is 7.05. The van der Waals surface area contributed by atoms with Crippen molar-refractivity contribution >= 4 is 71.1 Å². The Morgan fingerprint density at radius 1 is 0.484 bits per heavy atom. The highest BCUT2D eigenvalue weighted by molar-refractivity contribution is 5.91. The second-order valence-electron chi connectivity index (χ2n) is 34.5. The molecule has 0 amide bonds. The minimum Gasteiger partial charge on any atom is -0.481 e. The van der Waals surface area contributed by atoms with Crippen molar-refractivity contribution in [2.45, 2.75) is 258 Å². The molecular formula is C90H104N4O30. The van der Waals surface area contributed by atoms with E-state index in [9.17, 15) is 93.3 Å². The molecule has 3 spiro atoms. The van der Waals surface area contributed by atoms with Gasteiger partial charge in [-0.25, -0.2) is 19.2 Å². The number of esters is 8. The van der Waals surface area contributed by atoms with Crippen LogP contribution in [-0.4, -0.2) is 246 Å². The molecule has 6 aliphatic carbocycles. The Balaban J connectivity index is 0.000000152. The van der Waals surface area contributed by atoms with Gasteiger partial charge < -0.3 is 108 Å². The largest absolute Gasteiger partial charge is 0.481 e.